The normalized spacial score (nSPS) is 21.4. The molecule has 2 saturated heterocycles. The van der Waals surface area contributed by atoms with E-state index < -0.39 is 0 Å². The summed E-state index contributed by atoms with van der Waals surface area (Å²) in [5.41, 5.74) is 1.35. The second-order valence-electron chi connectivity index (χ2n) is 7.80. The molecule has 0 bridgehead atoms. The monoisotopic (exact) mass is 380 g/mol. The van der Waals surface area contributed by atoms with Gasteiger partial charge in [-0.15, -0.1) is 12.4 Å². The fourth-order valence-corrected chi connectivity index (χ4v) is 4.33. The van der Waals surface area contributed by atoms with Gasteiger partial charge in [0.2, 0.25) is 5.91 Å². The van der Waals surface area contributed by atoms with Crippen LogP contribution < -0.4 is 10.6 Å². The molecule has 1 atom stereocenters. The molecule has 0 aliphatic carbocycles. The van der Waals surface area contributed by atoms with Crippen molar-refractivity contribution >= 4 is 18.3 Å². The van der Waals surface area contributed by atoms with Crippen LogP contribution in [0, 0.1) is 11.8 Å². The maximum atomic E-state index is 12.6. The van der Waals surface area contributed by atoms with Crippen molar-refractivity contribution in [3.05, 3.63) is 35.9 Å². The fraction of sp³-hybridized carbons (Fsp3) is 0.667. The average molecular weight is 381 g/mol. The van der Waals surface area contributed by atoms with E-state index in [-0.39, 0.29) is 23.7 Å². The molecule has 0 aromatic heterocycles. The molecule has 1 unspecified atom stereocenters. The first-order chi connectivity index (χ1) is 12.2. The minimum Gasteiger partial charge on any atom is -0.381 e. The van der Waals surface area contributed by atoms with Crippen LogP contribution in [0.15, 0.2) is 30.3 Å². The molecular weight excluding hydrogens is 348 g/mol. The number of carbonyl (C=O) groups is 1. The Morgan fingerprint density at radius 3 is 2.54 bits per heavy atom. The van der Waals surface area contributed by atoms with Gasteiger partial charge in [0.25, 0.3) is 0 Å². The Morgan fingerprint density at radius 2 is 1.88 bits per heavy atom. The molecule has 2 heterocycles. The minimum atomic E-state index is 0. The Kier molecular flexibility index (Phi) is 8.39. The van der Waals surface area contributed by atoms with Crippen molar-refractivity contribution in [2.75, 3.05) is 32.8 Å². The summed E-state index contributed by atoms with van der Waals surface area (Å²) >= 11 is 0. The maximum Gasteiger partial charge on any atom is 0.220 e. The molecule has 1 aromatic carbocycles. The third-order valence-corrected chi connectivity index (χ3v) is 6.16. The summed E-state index contributed by atoms with van der Waals surface area (Å²) in [6, 6.07) is 10.6. The second kappa shape index (κ2) is 10.3. The van der Waals surface area contributed by atoms with Gasteiger partial charge >= 0.3 is 0 Å². The highest BCUT2D eigenvalue weighted by Gasteiger charge is 2.35. The summed E-state index contributed by atoms with van der Waals surface area (Å²) in [5, 5.41) is 6.65. The number of hydrogen-bond donors (Lipinski definition) is 2. The molecule has 26 heavy (non-hydrogen) atoms. The number of ether oxygens (including phenoxy) is 1. The lowest BCUT2D eigenvalue weighted by Gasteiger charge is -2.38. The van der Waals surface area contributed by atoms with Crippen molar-refractivity contribution in [1.82, 2.24) is 10.6 Å². The van der Waals surface area contributed by atoms with Crippen LogP contribution >= 0.6 is 12.4 Å². The zero-order valence-corrected chi connectivity index (χ0v) is 16.7. The minimum absolute atomic E-state index is 0. The fourth-order valence-electron chi connectivity index (χ4n) is 4.33. The van der Waals surface area contributed by atoms with Crippen LogP contribution in [0.5, 0.6) is 0 Å². The van der Waals surface area contributed by atoms with Crippen LogP contribution in [0.2, 0.25) is 0 Å². The summed E-state index contributed by atoms with van der Waals surface area (Å²) in [6.45, 7) is 6.68. The number of hydrogen-bond acceptors (Lipinski definition) is 3. The first-order valence-electron chi connectivity index (χ1n) is 9.80. The van der Waals surface area contributed by atoms with Crippen LogP contribution in [0.1, 0.15) is 44.6 Å². The highest BCUT2D eigenvalue weighted by atomic mass is 35.5. The van der Waals surface area contributed by atoms with Crippen molar-refractivity contribution in [2.24, 2.45) is 11.8 Å². The average Bonchev–Trinajstić information content (AvgIpc) is 2.68. The van der Waals surface area contributed by atoms with Gasteiger partial charge in [0.1, 0.15) is 0 Å². The van der Waals surface area contributed by atoms with Crippen molar-refractivity contribution in [3.8, 4) is 0 Å². The lowest BCUT2D eigenvalue weighted by atomic mass is 9.74. The molecular formula is C21H33ClN2O2. The first kappa shape index (κ1) is 21.2. The summed E-state index contributed by atoms with van der Waals surface area (Å²) in [5.74, 6) is 1.34. The number of benzene rings is 1. The van der Waals surface area contributed by atoms with Crippen LogP contribution in [0.4, 0.5) is 0 Å². The van der Waals surface area contributed by atoms with E-state index in [1.54, 1.807) is 0 Å². The SMILES string of the molecule is CC(CC(=O)NCC1(c2ccccc2)CCOCC1)C1CCNCC1.Cl. The predicted octanol–water partition coefficient (Wildman–Crippen LogP) is 3.30. The Bertz CT molecular complexity index is 540. The summed E-state index contributed by atoms with van der Waals surface area (Å²) in [4.78, 5) is 12.6. The van der Waals surface area contributed by atoms with Crippen LogP contribution in [-0.4, -0.2) is 38.8 Å². The maximum absolute atomic E-state index is 12.6. The van der Waals surface area contributed by atoms with Gasteiger partial charge in [0.05, 0.1) is 0 Å². The van der Waals surface area contributed by atoms with Gasteiger partial charge in [-0.1, -0.05) is 37.3 Å². The molecule has 1 aromatic rings. The molecule has 3 rings (SSSR count). The van der Waals surface area contributed by atoms with Gasteiger partial charge in [0.15, 0.2) is 0 Å². The Hall–Kier alpha value is -1.10. The summed E-state index contributed by atoms with van der Waals surface area (Å²) < 4.78 is 5.58. The van der Waals surface area contributed by atoms with Crippen LogP contribution in [0.3, 0.4) is 0 Å². The van der Waals surface area contributed by atoms with Crippen molar-refractivity contribution < 1.29 is 9.53 Å². The molecule has 1 amide bonds. The van der Waals surface area contributed by atoms with Gasteiger partial charge in [-0.3, -0.25) is 4.79 Å². The molecule has 146 valence electrons. The molecule has 2 aliphatic rings. The molecule has 4 nitrogen and oxygen atoms in total. The number of amides is 1. The van der Waals surface area contributed by atoms with Gasteiger partial charge in [-0.25, -0.2) is 0 Å². The molecule has 2 N–H and O–H groups in total. The molecule has 2 aliphatic heterocycles. The zero-order chi connectivity index (χ0) is 17.5. The third-order valence-electron chi connectivity index (χ3n) is 6.16. The van der Waals surface area contributed by atoms with E-state index in [1.807, 2.05) is 0 Å². The van der Waals surface area contributed by atoms with Gasteiger partial charge < -0.3 is 15.4 Å². The Morgan fingerprint density at radius 1 is 1.23 bits per heavy atom. The number of halogens is 1. The highest BCUT2D eigenvalue weighted by Crippen LogP contribution is 2.34. The van der Waals surface area contributed by atoms with Crippen LogP contribution in [-0.2, 0) is 14.9 Å². The van der Waals surface area contributed by atoms with Crippen molar-refractivity contribution in [1.29, 1.82) is 0 Å². The molecule has 2 fully saturated rings. The molecule has 5 heteroatoms. The van der Waals surface area contributed by atoms with Crippen molar-refractivity contribution in [2.45, 2.75) is 44.4 Å². The number of nitrogens with one attached hydrogen (secondary N) is 2. The van der Waals surface area contributed by atoms with Crippen LogP contribution in [0.25, 0.3) is 0 Å². The van der Waals surface area contributed by atoms with Gasteiger partial charge in [-0.05, 0) is 56.2 Å². The largest absolute Gasteiger partial charge is 0.381 e. The lowest BCUT2D eigenvalue weighted by Crippen LogP contribution is -2.45. The van der Waals surface area contributed by atoms with E-state index in [0.717, 1.165) is 45.7 Å². The zero-order valence-electron chi connectivity index (χ0n) is 15.8. The number of rotatable bonds is 6. The van der Waals surface area contributed by atoms with E-state index in [1.165, 1.54) is 18.4 Å². The quantitative estimate of drug-likeness (QED) is 0.796. The predicted molar refractivity (Wildman–Crippen MR) is 108 cm³/mol. The third kappa shape index (κ3) is 5.45. The lowest BCUT2D eigenvalue weighted by molar-refractivity contribution is -0.122. The molecule has 0 radical (unpaired) electrons. The summed E-state index contributed by atoms with van der Waals surface area (Å²) in [6.07, 6.45) is 4.98. The standard InChI is InChI=1S/C21H32N2O2.ClH/c1-17(18-7-11-22-12-8-18)15-20(24)23-16-21(9-13-25-14-10-21)19-5-3-2-4-6-19;/h2-6,17-18,22H,7-16H2,1H3,(H,23,24);1H. The number of carbonyl (C=O) groups excluding carboxylic acids is 1. The topological polar surface area (TPSA) is 50.4 Å². The van der Waals surface area contributed by atoms with E-state index in [4.69, 9.17) is 4.74 Å². The van der Waals surface area contributed by atoms with E-state index in [9.17, 15) is 4.79 Å². The van der Waals surface area contributed by atoms with Crippen molar-refractivity contribution in [3.63, 3.8) is 0 Å². The highest BCUT2D eigenvalue weighted by molar-refractivity contribution is 5.85. The van der Waals surface area contributed by atoms with E-state index in [2.05, 4.69) is 47.9 Å². The molecule has 0 spiro atoms. The van der Waals surface area contributed by atoms with E-state index in [0.29, 0.717) is 18.3 Å². The summed E-state index contributed by atoms with van der Waals surface area (Å²) in [7, 11) is 0. The first-order valence-corrected chi connectivity index (χ1v) is 9.80. The number of piperidine rings is 1. The second-order valence-corrected chi connectivity index (χ2v) is 7.80. The Labute approximate surface area is 163 Å². The molecule has 0 saturated carbocycles. The van der Waals surface area contributed by atoms with Gasteiger partial charge in [-0.2, -0.15) is 0 Å². The Balaban J connectivity index is 0.00000243. The van der Waals surface area contributed by atoms with Gasteiger partial charge in [0, 0.05) is 31.6 Å². The smallest absolute Gasteiger partial charge is 0.220 e. The van der Waals surface area contributed by atoms with E-state index >= 15 is 0 Å².